The number of carbonyl (C=O) groups is 1. The van der Waals surface area contributed by atoms with Crippen molar-refractivity contribution in [1.29, 1.82) is 0 Å². The molecule has 1 saturated heterocycles. The molecule has 4 heteroatoms. The molecule has 4 nitrogen and oxygen atoms in total. The van der Waals surface area contributed by atoms with E-state index >= 15 is 0 Å². The van der Waals surface area contributed by atoms with E-state index in [1.165, 1.54) is 12.8 Å². The van der Waals surface area contributed by atoms with Gasteiger partial charge in [-0.25, -0.2) is 0 Å². The fraction of sp³-hybridized carbons (Fsp3) is 0.533. The summed E-state index contributed by atoms with van der Waals surface area (Å²) >= 11 is 0. The van der Waals surface area contributed by atoms with E-state index < -0.39 is 0 Å². The van der Waals surface area contributed by atoms with E-state index in [1.54, 1.807) is 7.11 Å². The first-order valence-electron chi connectivity index (χ1n) is 6.84. The third-order valence-corrected chi connectivity index (χ3v) is 3.49. The average Bonchev–Trinajstić information content (AvgIpc) is 2.39. The summed E-state index contributed by atoms with van der Waals surface area (Å²) in [6.45, 7) is 4.73. The molecule has 0 saturated carbocycles. The smallest absolute Gasteiger partial charge is 0.238 e. The maximum absolute atomic E-state index is 12.0. The lowest BCUT2D eigenvalue weighted by atomic mass is 10.0. The first-order valence-corrected chi connectivity index (χ1v) is 6.84. The Morgan fingerprint density at radius 2 is 2.26 bits per heavy atom. The summed E-state index contributed by atoms with van der Waals surface area (Å²) < 4.78 is 5.22. The molecule has 1 aromatic rings. The molecule has 0 aromatic heterocycles. The summed E-state index contributed by atoms with van der Waals surface area (Å²) in [6.07, 6.45) is 2.45. The molecule has 0 spiro atoms. The van der Waals surface area contributed by atoms with Gasteiger partial charge in [0.05, 0.1) is 19.3 Å². The van der Waals surface area contributed by atoms with E-state index in [1.807, 2.05) is 24.3 Å². The van der Waals surface area contributed by atoms with E-state index in [0.717, 1.165) is 18.8 Å². The number of amides is 1. The van der Waals surface area contributed by atoms with Gasteiger partial charge in [0.15, 0.2) is 0 Å². The molecular weight excluding hydrogens is 240 g/mol. The quantitative estimate of drug-likeness (QED) is 0.905. The van der Waals surface area contributed by atoms with Crippen LogP contribution in [0.4, 0.5) is 5.69 Å². The van der Waals surface area contributed by atoms with Gasteiger partial charge < -0.3 is 10.1 Å². The van der Waals surface area contributed by atoms with E-state index in [-0.39, 0.29) is 5.91 Å². The zero-order valence-corrected chi connectivity index (χ0v) is 11.7. The molecule has 1 aromatic carbocycles. The molecule has 1 fully saturated rings. The Morgan fingerprint density at radius 3 is 3.00 bits per heavy atom. The van der Waals surface area contributed by atoms with Gasteiger partial charge in [0.2, 0.25) is 5.91 Å². The normalized spacial score (nSPS) is 20.0. The highest BCUT2D eigenvalue weighted by molar-refractivity contribution is 5.93. The molecule has 2 rings (SSSR count). The monoisotopic (exact) mass is 262 g/mol. The largest absolute Gasteiger partial charge is 0.495 e. The van der Waals surface area contributed by atoms with Crippen LogP contribution < -0.4 is 10.1 Å². The number of hydrogen-bond acceptors (Lipinski definition) is 3. The number of carbonyl (C=O) groups excluding carboxylic acids is 1. The molecule has 1 aliphatic heterocycles. The minimum Gasteiger partial charge on any atom is -0.495 e. The zero-order chi connectivity index (χ0) is 13.7. The molecule has 0 aliphatic carbocycles. The number of ether oxygens (including phenoxy) is 1. The maximum atomic E-state index is 12.0. The van der Waals surface area contributed by atoms with E-state index in [4.69, 9.17) is 4.74 Å². The van der Waals surface area contributed by atoms with Crippen LogP contribution in [0, 0.1) is 5.92 Å². The number of para-hydroxylation sites is 2. The van der Waals surface area contributed by atoms with Crippen molar-refractivity contribution in [3.05, 3.63) is 24.3 Å². The van der Waals surface area contributed by atoms with E-state index in [9.17, 15) is 4.79 Å². The summed E-state index contributed by atoms with van der Waals surface area (Å²) in [7, 11) is 1.61. The predicted molar refractivity (Wildman–Crippen MR) is 76.5 cm³/mol. The fourth-order valence-corrected chi connectivity index (χ4v) is 2.57. The first kappa shape index (κ1) is 13.9. The lowest BCUT2D eigenvalue weighted by Gasteiger charge is -2.30. The molecule has 1 amide bonds. The average molecular weight is 262 g/mol. The van der Waals surface area contributed by atoms with Crippen LogP contribution in [0.1, 0.15) is 19.8 Å². The molecule has 19 heavy (non-hydrogen) atoms. The van der Waals surface area contributed by atoms with Crippen molar-refractivity contribution in [3.8, 4) is 5.75 Å². The maximum Gasteiger partial charge on any atom is 0.238 e. The molecule has 0 bridgehead atoms. The third-order valence-electron chi connectivity index (χ3n) is 3.49. The van der Waals surface area contributed by atoms with Gasteiger partial charge in [0.25, 0.3) is 0 Å². The van der Waals surface area contributed by atoms with E-state index in [0.29, 0.717) is 18.2 Å². The van der Waals surface area contributed by atoms with Crippen LogP contribution in [0.15, 0.2) is 24.3 Å². The van der Waals surface area contributed by atoms with Gasteiger partial charge in [-0.05, 0) is 37.4 Å². The van der Waals surface area contributed by atoms with E-state index in [2.05, 4.69) is 17.1 Å². The number of hydrogen-bond donors (Lipinski definition) is 1. The van der Waals surface area contributed by atoms with Crippen LogP contribution in [0.5, 0.6) is 5.75 Å². The highest BCUT2D eigenvalue weighted by Crippen LogP contribution is 2.23. The topological polar surface area (TPSA) is 41.6 Å². The van der Waals surface area contributed by atoms with Crippen molar-refractivity contribution >= 4 is 11.6 Å². The van der Waals surface area contributed by atoms with Crippen molar-refractivity contribution in [2.24, 2.45) is 5.92 Å². The van der Waals surface area contributed by atoms with Crippen molar-refractivity contribution in [3.63, 3.8) is 0 Å². The lowest BCUT2D eigenvalue weighted by molar-refractivity contribution is -0.117. The Labute approximate surface area is 114 Å². The highest BCUT2D eigenvalue weighted by Gasteiger charge is 2.18. The molecule has 104 valence electrons. The fourth-order valence-electron chi connectivity index (χ4n) is 2.57. The Kier molecular flexibility index (Phi) is 4.80. The molecule has 0 unspecified atom stereocenters. The third kappa shape index (κ3) is 3.96. The van der Waals surface area contributed by atoms with Gasteiger partial charge in [-0.1, -0.05) is 19.1 Å². The van der Waals surface area contributed by atoms with Crippen LogP contribution in [-0.2, 0) is 4.79 Å². The molecule has 1 atom stereocenters. The summed E-state index contributed by atoms with van der Waals surface area (Å²) in [5.41, 5.74) is 0.736. The van der Waals surface area contributed by atoms with Crippen molar-refractivity contribution in [1.82, 2.24) is 4.90 Å². The lowest BCUT2D eigenvalue weighted by Crippen LogP contribution is -2.39. The number of methoxy groups -OCH3 is 1. The molecule has 1 heterocycles. The number of likely N-dealkylation sites (tertiary alicyclic amines) is 1. The highest BCUT2D eigenvalue weighted by atomic mass is 16.5. The first-order chi connectivity index (χ1) is 9.19. The second kappa shape index (κ2) is 6.57. The molecule has 0 radical (unpaired) electrons. The minimum atomic E-state index is 0.0265. The van der Waals surface area contributed by atoms with Gasteiger partial charge in [0, 0.05) is 6.54 Å². The number of benzene rings is 1. The number of rotatable bonds is 4. The van der Waals surface area contributed by atoms with Gasteiger partial charge >= 0.3 is 0 Å². The summed E-state index contributed by atoms with van der Waals surface area (Å²) in [5.74, 6) is 1.41. The van der Waals surface area contributed by atoms with Crippen molar-refractivity contribution in [2.75, 3.05) is 32.1 Å². The van der Waals surface area contributed by atoms with Crippen molar-refractivity contribution in [2.45, 2.75) is 19.8 Å². The molecule has 1 aliphatic rings. The zero-order valence-electron chi connectivity index (χ0n) is 11.7. The number of nitrogens with zero attached hydrogens (tertiary/aromatic N) is 1. The second-order valence-corrected chi connectivity index (χ2v) is 5.23. The minimum absolute atomic E-state index is 0.0265. The van der Waals surface area contributed by atoms with Gasteiger partial charge in [-0.3, -0.25) is 9.69 Å². The van der Waals surface area contributed by atoms with Crippen LogP contribution >= 0.6 is 0 Å². The van der Waals surface area contributed by atoms with Gasteiger partial charge in [-0.15, -0.1) is 0 Å². The standard InChI is InChI=1S/C15H22N2O2/c1-12-6-5-9-17(10-12)11-15(18)16-13-7-3-4-8-14(13)19-2/h3-4,7-8,12H,5-6,9-11H2,1-2H3,(H,16,18)/t12-/m1/s1. The summed E-state index contributed by atoms with van der Waals surface area (Å²) in [6, 6.07) is 7.48. The van der Waals surface area contributed by atoms with Crippen LogP contribution in [-0.4, -0.2) is 37.6 Å². The van der Waals surface area contributed by atoms with Crippen LogP contribution in [0.25, 0.3) is 0 Å². The van der Waals surface area contributed by atoms with Crippen LogP contribution in [0.3, 0.4) is 0 Å². The second-order valence-electron chi connectivity index (χ2n) is 5.23. The summed E-state index contributed by atoms with van der Waals surface area (Å²) in [5, 5.41) is 2.92. The van der Waals surface area contributed by atoms with Gasteiger partial charge in [-0.2, -0.15) is 0 Å². The van der Waals surface area contributed by atoms with Crippen LogP contribution in [0.2, 0.25) is 0 Å². The Bertz CT molecular complexity index is 434. The Morgan fingerprint density at radius 1 is 1.47 bits per heavy atom. The SMILES string of the molecule is COc1ccccc1NC(=O)CN1CCC[C@@H](C)C1. The Hall–Kier alpha value is -1.55. The summed E-state index contributed by atoms with van der Waals surface area (Å²) in [4.78, 5) is 14.3. The predicted octanol–water partition coefficient (Wildman–Crippen LogP) is 2.37. The number of nitrogens with one attached hydrogen (secondary N) is 1. The number of piperidine rings is 1. The number of anilines is 1. The Balaban J connectivity index is 1.90. The van der Waals surface area contributed by atoms with Gasteiger partial charge in [0.1, 0.15) is 5.75 Å². The molecule has 1 N–H and O–H groups in total. The van der Waals surface area contributed by atoms with Crippen molar-refractivity contribution < 1.29 is 9.53 Å². The molecular formula is C15H22N2O2.